The smallest absolute Gasteiger partial charge is 0.335 e. The number of carboxylic acid groups (broad SMARTS) is 1. The third-order valence-corrected chi connectivity index (χ3v) is 3.00. The van der Waals surface area contributed by atoms with Gasteiger partial charge in [-0.1, -0.05) is 0 Å². The van der Waals surface area contributed by atoms with E-state index in [0.717, 1.165) is 25.1 Å². The first-order valence-corrected chi connectivity index (χ1v) is 5.90. The van der Waals surface area contributed by atoms with Crippen LogP contribution >= 0.6 is 0 Å². The largest absolute Gasteiger partial charge is 0.478 e. The predicted octanol–water partition coefficient (Wildman–Crippen LogP) is 2.36. The van der Waals surface area contributed by atoms with Gasteiger partial charge in [0.1, 0.15) is 0 Å². The Hall–Kier alpha value is -1.55. The Balaban J connectivity index is 1.82. The number of carbonyl (C=O) groups is 1. The summed E-state index contributed by atoms with van der Waals surface area (Å²) in [6.45, 7) is 2.77. The molecule has 2 N–H and O–H groups in total. The molecule has 0 bridgehead atoms. The molecule has 0 amide bonds. The molecule has 1 aliphatic rings. The van der Waals surface area contributed by atoms with E-state index in [4.69, 9.17) is 9.84 Å². The summed E-state index contributed by atoms with van der Waals surface area (Å²) in [5.74, 6) is -0.892. The van der Waals surface area contributed by atoms with E-state index >= 15 is 0 Å². The molecule has 0 atom stereocenters. The van der Waals surface area contributed by atoms with Crippen molar-refractivity contribution in [3.63, 3.8) is 0 Å². The first kappa shape index (κ1) is 11.9. The average Bonchev–Trinajstić information content (AvgIpc) is 2.27. The van der Waals surface area contributed by atoms with Crippen LogP contribution in [-0.4, -0.2) is 29.8 Å². The summed E-state index contributed by atoms with van der Waals surface area (Å²) in [6.07, 6.45) is 2.43. The Bertz CT molecular complexity index is 382. The molecule has 0 heterocycles. The zero-order chi connectivity index (χ0) is 12.3. The lowest BCUT2D eigenvalue weighted by molar-refractivity contribution is 0.00299. The molecule has 1 saturated carbocycles. The Kier molecular flexibility index (Phi) is 3.64. The maximum Gasteiger partial charge on any atom is 0.335 e. The van der Waals surface area contributed by atoms with Crippen LogP contribution in [0.25, 0.3) is 0 Å². The fraction of sp³-hybridized carbons (Fsp3) is 0.462. The fourth-order valence-corrected chi connectivity index (χ4v) is 2.00. The molecule has 1 fully saturated rings. The maximum absolute atomic E-state index is 10.7. The monoisotopic (exact) mass is 235 g/mol. The number of carboxylic acids is 1. The highest BCUT2D eigenvalue weighted by atomic mass is 16.5. The second-order valence-electron chi connectivity index (χ2n) is 4.27. The van der Waals surface area contributed by atoms with Gasteiger partial charge in [0.25, 0.3) is 0 Å². The summed E-state index contributed by atoms with van der Waals surface area (Å²) in [5, 5.41) is 12.1. The summed E-state index contributed by atoms with van der Waals surface area (Å²) in [7, 11) is 0. The van der Waals surface area contributed by atoms with Gasteiger partial charge in [-0.3, -0.25) is 0 Å². The average molecular weight is 235 g/mol. The predicted molar refractivity (Wildman–Crippen MR) is 65.5 cm³/mol. The van der Waals surface area contributed by atoms with Crippen molar-refractivity contribution in [2.45, 2.75) is 31.9 Å². The van der Waals surface area contributed by atoms with Gasteiger partial charge >= 0.3 is 5.97 Å². The number of rotatable bonds is 5. The summed E-state index contributed by atoms with van der Waals surface area (Å²) in [5.41, 5.74) is 1.28. The Morgan fingerprint density at radius 2 is 2.06 bits per heavy atom. The third kappa shape index (κ3) is 2.97. The zero-order valence-corrected chi connectivity index (χ0v) is 9.85. The molecule has 92 valence electrons. The highest BCUT2D eigenvalue weighted by Crippen LogP contribution is 2.26. The van der Waals surface area contributed by atoms with Crippen LogP contribution < -0.4 is 5.32 Å². The van der Waals surface area contributed by atoms with Crippen molar-refractivity contribution in [3.8, 4) is 0 Å². The lowest BCUT2D eigenvalue weighted by atomic mass is 9.89. The molecule has 4 heteroatoms. The topological polar surface area (TPSA) is 58.6 Å². The van der Waals surface area contributed by atoms with Crippen LogP contribution in [0.5, 0.6) is 0 Å². The van der Waals surface area contributed by atoms with Crippen molar-refractivity contribution < 1.29 is 14.6 Å². The van der Waals surface area contributed by atoms with Crippen molar-refractivity contribution in [2.75, 3.05) is 11.9 Å². The van der Waals surface area contributed by atoms with E-state index in [1.54, 1.807) is 24.3 Å². The molecule has 2 rings (SSSR count). The molecule has 0 radical (unpaired) electrons. The van der Waals surface area contributed by atoms with Gasteiger partial charge in [0.2, 0.25) is 0 Å². The van der Waals surface area contributed by atoms with Gasteiger partial charge < -0.3 is 15.2 Å². The number of ether oxygens (including phenoxy) is 1. The first-order valence-electron chi connectivity index (χ1n) is 5.90. The Morgan fingerprint density at radius 3 is 2.59 bits per heavy atom. The van der Waals surface area contributed by atoms with E-state index < -0.39 is 5.97 Å². The van der Waals surface area contributed by atoms with Gasteiger partial charge in [0.05, 0.1) is 11.7 Å². The molecule has 0 aliphatic heterocycles. The number of hydrogen-bond donors (Lipinski definition) is 2. The highest BCUT2D eigenvalue weighted by Gasteiger charge is 2.29. The lowest BCUT2D eigenvalue weighted by Crippen LogP contribution is -2.40. The zero-order valence-electron chi connectivity index (χ0n) is 9.85. The molecule has 0 unspecified atom stereocenters. The minimum atomic E-state index is -0.892. The Morgan fingerprint density at radius 1 is 1.41 bits per heavy atom. The number of aromatic carboxylic acids is 1. The van der Waals surface area contributed by atoms with Gasteiger partial charge in [0.15, 0.2) is 0 Å². The molecular formula is C13H17NO3. The second-order valence-corrected chi connectivity index (χ2v) is 4.27. The van der Waals surface area contributed by atoms with Gasteiger partial charge in [-0.25, -0.2) is 4.79 Å². The minimum absolute atomic E-state index is 0.316. The van der Waals surface area contributed by atoms with Crippen molar-refractivity contribution in [1.82, 2.24) is 0 Å². The molecular weight excluding hydrogens is 218 g/mol. The highest BCUT2D eigenvalue weighted by molar-refractivity contribution is 5.88. The van der Waals surface area contributed by atoms with Crippen molar-refractivity contribution in [1.29, 1.82) is 0 Å². The molecule has 1 aromatic rings. The lowest BCUT2D eigenvalue weighted by Gasteiger charge is -2.36. The van der Waals surface area contributed by atoms with Gasteiger partial charge in [0, 0.05) is 18.3 Å². The van der Waals surface area contributed by atoms with E-state index in [2.05, 4.69) is 5.32 Å². The van der Waals surface area contributed by atoms with Gasteiger partial charge in [-0.05, 0) is 44.0 Å². The molecule has 1 aliphatic carbocycles. The van der Waals surface area contributed by atoms with Crippen molar-refractivity contribution in [3.05, 3.63) is 29.8 Å². The maximum atomic E-state index is 10.7. The van der Waals surface area contributed by atoms with Crippen LogP contribution in [0.2, 0.25) is 0 Å². The van der Waals surface area contributed by atoms with Crippen LogP contribution in [0.15, 0.2) is 24.3 Å². The molecule has 0 aromatic heterocycles. The van der Waals surface area contributed by atoms with Gasteiger partial charge in [-0.15, -0.1) is 0 Å². The van der Waals surface area contributed by atoms with Crippen molar-refractivity contribution in [2.24, 2.45) is 0 Å². The van der Waals surface area contributed by atoms with Crippen LogP contribution in [0.4, 0.5) is 5.69 Å². The summed E-state index contributed by atoms with van der Waals surface area (Å²) >= 11 is 0. The molecule has 0 spiro atoms. The number of nitrogens with one attached hydrogen (secondary N) is 1. The second kappa shape index (κ2) is 5.19. The third-order valence-electron chi connectivity index (χ3n) is 3.00. The number of anilines is 1. The van der Waals surface area contributed by atoms with Crippen LogP contribution in [0.3, 0.4) is 0 Å². The van der Waals surface area contributed by atoms with Crippen LogP contribution in [0.1, 0.15) is 30.1 Å². The van der Waals surface area contributed by atoms with Crippen LogP contribution in [0, 0.1) is 0 Å². The molecule has 4 nitrogen and oxygen atoms in total. The van der Waals surface area contributed by atoms with E-state index in [-0.39, 0.29) is 0 Å². The van der Waals surface area contributed by atoms with E-state index in [9.17, 15) is 4.79 Å². The van der Waals surface area contributed by atoms with E-state index in [1.807, 2.05) is 6.92 Å². The first-order chi connectivity index (χ1) is 8.19. The molecule has 0 saturated heterocycles. The number of benzene rings is 1. The summed E-state index contributed by atoms with van der Waals surface area (Å²) in [4.78, 5) is 10.7. The Labute approximate surface area is 101 Å². The number of hydrogen-bond acceptors (Lipinski definition) is 3. The van der Waals surface area contributed by atoms with E-state index in [0.29, 0.717) is 17.7 Å². The SMILES string of the molecule is CCOC1CC(Nc2ccc(C(=O)O)cc2)C1. The summed E-state index contributed by atoms with van der Waals surface area (Å²) in [6, 6.07) is 7.28. The standard InChI is InChI=1S/C13H17NO3/c1-2-17-12-7-11(8-12)14-10-5-3-9(4-6-10)13(15)16/h3-6,11-12,14H,2,7-8H2,1H3,(H,15,16). The van der Waals surface area contributed by atoms with Crippen LogP contribution in [-0.2, 0) is 4.74 Å². The minimum Gasteiger partial charge on any atom is -0.478 e. The van der Waals surface area contributed by atoms with Crippen molar-refractivity contribution >= 4 is 11.7 Å². The summed E-state index contributed by atoms with van der Waals surface area (Å²) < 4.78 is 5.48. The molecule has 17 heavy (non-hydrogen) atoms. The van der Waals surface area contributed by atoms with E-state index in [1.165, 1.54) is 0 Å². The van der Waals surface area contributed by atoms with Gasteiger partial charge in [-0.2, -0.15) is 0 Å². The fourth-order valence-electron chi connectivity index (χ4n) is 2.00. The quantitative estimate of drug-likeness (QED) is 0.822. The normalized spacial score (nSPS) is 22.9. The molecule has 1 aromatic carbocycles.